The molecule has 0 spiro atoms. The second-order valence-electron chi connectivity index (χ2n) is 4.10. The first-order valence-corrected chi connectivity index (χ1v) is 8.35. The minimum atomic E-state index is -3.56. The van der Waals surface area contributed by atoms with Gasteiger partial charge in [-0.1, -0.05) is 0 Å². The van der Waals surface area contributed by atoms with Crippen molar-refractivity contribution >= 4 is 21.8 Å². The molecule has 1 aliphatic rings. The monoisotopic (exact) mass is 303 g/mol. The Balaban J connectivity index is 2.49. The lowest BCUT2D eigenvalue weighted by Gasteiger charge is -2.21. The third kappa shape index (κ3) is 2.68. The molecule has 106 valence electrons. The first-order valence-electron chi connectivity index (χ1n) is 5.86. The molecular weight excluding hydrogens is 286 g/mol. The predicted octanol–water partition coefficient (Wildman–Crippen LogP) is 1.79. The molecule has 1 heterocycles. The molecule has 7 heteroatoms. The van der Waals surface area contributed by atoms with Crippen molar-refractivity contribution in [2.45, 2.75) is 17.2 Å². The van der Waals surface area contributed by atoms with Crippen molar-refractivity contribution in [2.24, 2.45) is 0 Å². The Bertz CT molecular complexity index is 559. The number of methoxy groups -OCH3 is 2. The summed E-state index contributed by atoms with van der Waals surface area (Å²) in [6, 6.07) is 4.80. The number of nitrogens with zero attached hydrogens (tertiary/aromatic N) is 1. The van der Waals surface area contributed by atoms with Crippen molar-refractivity contribution in [3.63, 3.8) is 0 Å². The van der Waals surface area contributed by atoms with Gasteiger partial charge in [0.2, 0.25) is 10.0 Å². The van der Waals surface area contributed by atoms with Crippen molar-refractivity contribution in [3.8, 4) is 11.5 Å². The number of sulfonamides is 1. The highest BCUT2D eigenvalue weighted by Crippen LogP contribution is 2.35. The van der Waals surface area contributed by atoms with Crippen LogP contribution in [0, 0.1) is 0 Å². The van der Waals surface area contributed by atoms with Crippen LogP contribution in [0.2, 0.25) is 0 Å². The smallest absolute Gasteiger partial charge is 0.247 e. The van der Waals surface area contributed by atoms with Crippen LogP contribution in [-0.2, 0) is 10.0 Å². The van der Waals surface area contributed by atoms with Gasteiger partial charge in [0, 0.05) is 18.4 Å². The number of thioether (sulfide) groups is 1. The van der Waals surface area contributed by atoms with Crippen molar-refractivity contribution in [1.82, 2.24) is 4.31 Å². The molecule has 1 atom stereocenters. The zero-order chi connectivity index (χ0) is 14.0. The van der Waals surface area contributed by atoms with E-state index in [2.05, 4.69) is 0 Å². The predicted molar refractivity (Wildman–Crippen MR) is 75.4 cm³/mol. The lowest BCUT2D eigenvalue weighted by molar-refractivity contribution is 0.386. The van der Waals surface area contributed by atoms with Crippen molar-refractivity contribution in [3.05, 3.63) is 18.2 Å². The fourth-order valence-electron chi connectivity index (χ4n) is 2.01. The molecule has 1 unspecified atom stereocenters. The highest BCUT2D eigenvalue weighted by Gasteiger charge is 2.35. The van der Waals surface area contributed by atoms with Crippen LogP contribution in [0.15, 0.2) is 23.1 Å². The van der Waals surface area contributed by atoms with Crippen LogP contribution in [0.1, 0.15) is 6.92 Å². The lowest BCUT2D eigenvalue weighted by Crippen LogP contribution is -2.33. The molecule has 0 radical (unpaired) electrons. The van der Waals surface area contributed by atoms with E-state index in [-0.39, 0.29) is 10.3 Å². The summed E-state index contributed by atoms with van der Waals surface area (Å²) in [5.74, 6) is 1.65. The van der Waals surface area contributed by atoms with Gasteiger partial charge in [0.05, 0.1) is 19.6 Å². The van der Waals surface area contributed by atoms with Crippen molar-refractivity contribution in [1.29, 1.82) is 0 Å². The van der Waals surface area contributed by atoms with Gasteiger partial charge in [0.15, 0.2) is 0 Å². The van der Waals surface area contributed by atoms with Gasteiger partial charge >= 0.3 is 0 Å². The first-order chi connectivity index (χ1) is 9.00. The maximum absolute atomic E-state index is 12.7. The molecule has 1 aliphatic heterocycles. The molecule has 0 aliphatic carbocycles. The Morgan fingerprint density at radius 1 is 1.32 bits per heavy atom. The zero-order valence-corrected chi connectivity index (χ0v) is 12.8. The standard InChI is InChI=1S/C12H17NO4S2/c1-9-13(6-7-18-9)19(14,15)12-8-10(16-2)4-5-11(12)17-3/h4-5,8-9H,6-7H2,1-3H3. The summed E-state index contributed by atoms with van der Waals surface area (Å²) in [6.07, 6.45) is 0. The van der Waals surface area contributed by atoms with Gasteiger partial charge in [0.25, 0.3) is 0 Å². The van der Waals surface area contributed by atoms with Gasteiger partial charge in [-0.05, 0) is 19.1 Å². The second kappa shape index (κ2) is 5.60. The van der Waals surface area contributed by atoms with E-state index >= 15 is 0 Å². The molecule has 19 heavy (non-hydrogen) atoms. The molecule has 0 saturated carbocycles. The Morgan fingerprint density at radius 3 is 2.58 bits per heavy atom. The summed E-state index contributed by atoms with van der Waals surface area (Å²) < 4.78 is 37.1. The minimum Gasteiger partial charge on any atom is -0.497 e. The van der Waals surface area contributed by atoms with Crippen LogP contribution in [0.5, 0.6) is 11.5 Å². The molecule has 1 fully saturated rings. The quantitative estimate of drug-likeness (QED) is 0.849. The van der Waals surface area contributed by atoms with E-state index in [0.717, 1.165) is 5.75 Å². The fraction of sp³-hybridized carbons (Fsp3) is 0.500. The van der Waals surface area contributed by atoms with Gasteiger partial charge in [-0.15, -0.1) is 11.8 Å². The SMILES string of the molecule is COc1ccc(OC)c(S(=O)(=O)N2CCSC2C)c1. The summed E-state index contributed by atoms with van der Waals surface area (Å²) in [6.45, 7) is 2.41. The number of hydrogen-bond donors (Lipinski definition) is 0. The van der Waals surface area contributed by atoms with Crippen LogP contribution in [0.25, 0.3) is 0 Å². The zero-order valence-electron chi connectivity index (χ0n) is 11.1. The van der Waals surface area contributed by atoms with Crippen LogP contribution in [0.4, 0.5) is 0 Å². The molecule has 2 rings (SSSR count). The maximum Gasteiger partial charge on any atom is 0.247 e. The van der Waals surface area contributed by atoms with Crippen molar-refractivity contribution in [2.75, 3.05) is 26.5 Å². The summed E-state index contributed by atoms with van der Waals surface area (Å²) in [5, 5.41) is -0.0547. The number of ether oxygens (including phenoxy) is 2. The second-order valence-corrected chi connectivity index (χ2v) is 7.39. The third-order valence-electron chi connectivity index (χ3n) is 3.03. The highest BCUT2D eigenvalue weighted by atomic mass is 32.2. The number of hydrogen-bond acceptors (Lipinski definition) is 5. The van der Waals surface area contributed by atoms with Crippen LogP contribution in [-0.4, -0.2) is 44.6 Å². The first kappa shape index (κ1) is 14.5. The van der Waals surface area contributed by atoms with Crippen LogP contribution >= 0.6 is 11.8 Å². The maximum atomic E-state index is 12.7. The van der Waals surface area contributed by atoms with Gasteiger partial charge in [-0.2, -0.15) is 4.31 Å². The molecule has 0 aromatic heterocycles. The van der Waals surface area contributed by atoms with E-state index in [9.17, 15) is 8.42 Å². The fourth-order valence-corrected chi connectivity index (χ4v) is 5.20. The summed E-state index contributed by atoms with van der Waals surface area (Å²) in [5.41, 5.74) is 0. The van der Waals surface area contributed by atoms with E-state index in [1.807, 2.05) is 6.92 Å². The minimum absolute atomic E-state index is 0.0547. The lowest BCUT2D eigenvalue weighted by atomic mass is 10.3. The Labute approximate surface area is 117 Å². The van der Waals surface area contributed by atoms with Gasteiger partial charge in [-0.25, -0.2) is 8.42 Å². The molecular formula is C12H17NO4S2. The van der Waals surface area contributed by atoms with Gasteiger partial charge in [-0.3, -0.25) is 0 Å². The molecule has 0 amide bonds. The molecule has 1 saturated heterocycles. The molecule has 1 aromatic rings. The summed E-state index contributed by atoms with van der Waals surface area (Å²) >= 11 is 1.62. The average Bonchev–Trinajstić information content (AvgIpc) is 2.85. The van der Waals surface area contributed by atoms with E-state index in [0.29, 0.717) is 18.0 Å². The Morgan fingerprint density at radius 2 is 2.05 bits per heavy atom. The van der Waals surface area contributed by atoms with Gasteiger partial charge < -0.3 is 9.47 Å². The number of rotatable bonds is 4. The third-order valence-corrected chi connectivity index (χ3v) is 6.31. The average molecular weight is 303 g/mol. The Kier molecular flexibility index (Phi) is 4.27. The van der Waals surface area contributed by atoms with E-state index < -0.39 is 10.0 Å². The van der Waals surface area contributed by atoms with E-state index in [1.165, 1.54) is 24.6 Å². The Hall–Kier alpha value is -0.920. The van der Waals surface area contributed by atoms with Gasteiger partial charge in [0.1, 0.15) is 16.4 Å². The summed E-state index contributed by atoms with van der Waals surface area (Å²) in [4.78, 5) is 0.156. The molecule has 0 N–H and O–H groups in total. The van der Waals surface area contributed by atoms with Crippen molar-refractivity contribution < 1.29 is 17.9 Å². The largest absolute Gasteiger partial charge is 0.497 e. The molecule has 1 aromatic carbocycles. The summed E-state index contributed by atoms with van der Waals surface area (Å²) in [7, 11) is -0.588. The van der Waals surface area contributed by atoms with E-state index in [4.69, 9.17) is 9.47 Å². The molecule has 5 nitrogen and oxygen atoms in total. The number of benzene rings is 1. The van der Waals surface area contributed by atoms with E-state index in [1.54, 1.807) is 23.9 Å². The van der Waals surface area contributed by atoms with Crippen LogP contribution < -0.4 is 9.47 Å². The highest BCUT2D eigenvalue weighted by molar-refractivity contribution is 8.01. The molecule has 0 bridgehead atoms. The topological polar surface area (TPSA) is 55.8 Å². The van der Waals surface area contributed by atoms with Crippen LogP contribution in [0.3, 0.4) is 0 Å². The normalized spacial score (nSPS) is 20.5.